The monoisotopic (exact) mass is 327 g/mol. The zero-order valence-electron chi connectivity index (χ0n) is 12.6. The highest BCUT2D eigenvalue weighted by Crippen LogP contribution is 2.27. The van der Waals surface area contributed by atoms with Gasteiger partial charge in [0.2, 0.25) is 0 Å². The molecule has 112 valence electrons. The molecule has 1 amide bonds. The van der Waals surface area contributed by atoms with Crippen molar-refractivity contribution in [2.45, 2.75) is 11.4 Å². The van der Waals surface area contributed by atoms with E-state index in [4.69, 9.17) is 0 Å². The minimum atomic E-state index is 0.0697. The van der Waals surface area contributed by atoms with E-state index in [9.17, 15) is 4.79 Å². The lowest BCUT2D eigenvalue weighted by molar-refractivity contribution is 0.0782. The van der Waals surface area contributed by atoms with Crippen LogP contribution in [0.25, 0.3) is 10.1 Å². The molecular formula is C18H17NOS2. The molecule has 1 aromatic heterocycles. The molecule has 22 heavy (non-hydrogen) atoms. The van der Waals surface area contributed by atoms with Crippen molar-refractivity contribution in [2.75, 3.05) is 13.3 Å². The molecule has 3 aromatic rings. The summed E-state index contributed by atoms with van der Waals surface area (Å²) in [5.41, 5.74) is 1.98. The summed E-state index contributed by atoms with van der Waals surface area (Å²) in [5, 5.41) is 3.39. The number of amides is 1. The van der Waals surface area contributed by atoms with E-state index >= 15 is 0 Å². The molecule has 0 radical (unpaired) electrons. The second-order valence-corrected chi connectivity index (χ2v) is 6.88. The van der Waals surface area contributed by atoms with Crippen molar-refractivity contribution in [3.05, 3.63) is 65.0 Å². The van der Waals surface area contributed by atoms with Gasteiger partial charge < -0.3 is 4.90 Å². The molecular weight excluding hydrogens is 310 g/mol. The van der Waals surface area contributed by atoms with Crippen LogP contribution in [0.3, 0.4) is 0 Å². The molecule has 0 saturated carbocycles. The first-order chi connectivity index (χ1) is 10.7. The molecule has 0 spiro atoms. The Morgan fingerprint density at radius 1 is 1.14 bits per heavy atom. The summed E-state index contributed by atoms with van der Waals surface area (Å²) in [7, 11) is 1.87. The van der Waals surface area contributed by atoms with Gasteiger partial charge in [0.25, 0.3) is 5.91 Å². The quantitative estimate of drug-likeness (QED) is 0.636. The second-order valence-electron chi connectivity index (χ2n) is 5.12. The molecule has 0 aliphatic rings. The van der Waals surface area contributed by atoms with E-state index in [1.54, 1.807) is 28.0 Å². The van der Waals surface area contributed by atoms with Crippen molar-refractivity contribution in [2.24, 2.45) is 0 Å². The van der Waals surface area contributed by atoms with E-state index in [1.807, 2.05) is 49.7 Å². The van der Waals surface area contributed by atoms with Crippen molar-refractivity contribution in [1.82, 2.24) is 4.90 Å². The molecule has 0 N–H and O–H groups in total. The summed E-state index contributed by atoms with van der Waals surface area (Å²) >= 11 is 3.34. The number of carbonyl (C=O) groups excluding carboxylic acids is 1. The molecule has 2 aromatic carbocycles. The average Bonchev–Trinajstić information content (AvgIpc) is 2.97. The highest BCUT2D eigenvalue weighted by atomic mass is 32.2. The number of benzene rings is 2. The topological polar surface area (TPSA) is 20.3 Å². The van der Waals surface area contributed by atoms with Crippen LogP contribution in [-0.4, -0.2) is 24.1 Å². The van der Waals surface area contributed by atoms with Gasteiger partial charge in [0.1, 0.15) is 0 Å². The Bertz CT molecular complexity index is 809. The predicted molar refractivity (Wildman–Crippen MR) is 95.8 cm³/mol. The van der Waals surface area contributed by atoms with Gasteiger partial charge in [0.15, 0.2) is 0 Å². The average molecular weight is 327 g/mol. The van der Waals surface area contributed by atoms with Crippen LogP contribution < -0.4 is 0 Å². The summed E-state index contributed by atoms with van der Waals surface area (Å²) in [4.78, 5) is 15.5. The third-order valence-corrected chi connectivity index (χ3v) is 5.46. The number of fused-ring (bicyclic) bond motifs is 1. The van der Waals surface area contributed by atoms with Crippen LogP contribution in [0, 0.1) is 0 Å². The van der Waals surface area contributed by atoms with Crippen LogP contribution in [0.15, 0.2) is 58.8 Å². The van der Waals surface area contributed by atoms with Crippen LogP contribution in [0.2, 0.25) is 0 Å². The van der Waals surface area contributed by atoms with Gasteiger partial charge in [-0.15, -0.1) is 23.1 Å². The molecule has 4 heteroatoms. The normalized spacial score (nSPS) is 10.8. The molecule has 0 atom stereocenters. The molecule has 0 unspecified atom stereocenters. The molecule has 1 heterocycles. The lowest BCUT2D eigenvalue weighted by atomic mass is 10.1. The summed E-state index contributed by atoms with van der Waals surface area (Å²) in [5.74, 6) is 0.0697. The van der Waals surface area contributed by atoms with E-state index in [0.29, 0.717) is 6.54 Å². The van der Waals surface area contributed by atoms with Gasteiger partial charge in [0, 0.05) is 23.2 Å². The van der Waals surface area contributed by atoms with Crippen molar-refractivity contribution in [3.8, 4) is 0 Å². The van der Waals surface area contributed by atoms with Crippen LogP contribution in [0.1, 0.15) is 15.9 Å². The fourth-order valence-corrected chi connectivity index (χ4v) is 4.05. The Kier molecular flexibility index (Phi) is 4.50. The predicted octanol–water partition coefficient (Wildman–Crippen LogP) is 4.90. The first kappa shape index (κ1) is 15.1. The summed E-state index contributed by atoms with van der Waals surface area (Å²) in [6, 6.07) is 16.1. The van der Waals surface area contributed by atoms with Gasteiger partial charge in [0.05, 0.1) is 5.56 Å². The van der Waals surface area contributed by atoms with Gasteiger partial charge in [-0.2, -0.15) is 0 Å². The van der Waals surface area contributed by atoms with Crippen LogP contribution in [0.5, 0.6) is 0 Å². The Balaban J connectivity index is 1.85. The molecule has 0 saturated heterocycles. The zero-order valence-corrected chi connectivity index (χ0v) is 14.2. The maximum absolute atomic E-state index is 12.7. The van der Waals surface area contributed by atoms with E-state index in [-0.39, 0.29) is 5.91 Å². The lowest BCUT2D eigenvalue weighted by Gasteiger charge is -2.18. The second kappa shape index (κ2) is 6.55. The Morgan fingerprint density at radius 3 is 2.68 bits per heavy atom. The Labute approximate surface area is 138 Å². The maximum atomic E-state index is 12.7. The minimum absolute atomic E-state index is 0.0697. The van der Waals surface area contributed by atoms with E-state index in [1.165, 1.54) is 15.6 Å². The number of hydrogen-bond acceptors (Lipinski definition) is 3. The van der Waals surface area contributed by atoms with Gasteiger partial charge in [-0.25, -0.2) is 0 Å². The highest BCUT2D eigenvalue weighted by molar-refractivity contribution is 7.98. The smallest absolute Gasteiger partial charge is 0.255 e. The van der Waals surface area contributed by atoms with Crippen molar-refractivity contribution >= 4 is 39.1 Å². The number of thioether (sulfide) groups is 1. The largest absolute Gasteiger partial charge is 0.337 e. The minimum Gasteiger partial charge on any atom is -0.337 e. The SMILES string of the molecule is CSc1ccccc1C(=O)N(C)Cc1csc2ccccc12. The van der Waals surface area contributed by atoms with Crippen molar-refractivity contribution in [3.63, 3.8) is 0 Å². The van der Waals surface area contributed by atoms with Gasteiger partial charge in [-0.3, -0.25) is 4.79 Å². The van der Waals surface area contributed by atoms with Gasteiger partial charge >= 0.3 is 0 Å². The van der Waals surface area contributed by atoms with E-state index in [2.05, 4.69) is 17.5 Å². The van der Waals surface area contributed by atoms with E-state index < -0.39 is 0 Å². The van der Waals surface area contributed by atoms with Crippen LogP contribution in [0.4, 0.5) is 0 Å². The third kappa shape index (κ3) is 2.89. The molecule has 0 aliphatic carbocycles. The number of nitrogens with zero attached hydrogens (tertiary/aromatic N) is 1. The molecule has 2 nitrogen and oxygen atoms in total. The number of thiophene rings is 1. The van der Waals surface area contributed by atoms with Crippen molar-refractivity contribution < 1.29 is 4.79 Å². The molecule has 0 fully saturated rings. The van der Waals surface area contributed by atoms with E-state index in [0.717, 1.165) is 10.5 Å². The van der Waals surface area contributed by atoms with Crippen LogP contribution in [-0.2, 0) is 6.54 Å². The van der Waals surface area contributed by atoms with Gasteiger partial charge in [-0.05, 0) is 40.8 Å². The highest BCUT2D eigenvalue weighted by Gasteiger charge is 2.16. The first-order valence-corrected chi connectivity index (χ1v) is 9.14. The fourth-order valence-electron chi connectivity index (χ4n) is 2.51. The summed E-state index contributed by atoms with van der Waals surface area (Å²) in [6.45, 7) is 0.631. The molecule has 0 aliphatic heterocycles. The fraction of sp³-hybridized carbons (Fsp3) is 0.167. The number of carbonyl (C=O) groups is 1. The lowest BCUT2D eigenvalue weighted by Crippen LogP contribution is -2.26. The number of hydrogen-bond donors (Lipinski definition) is 0. The first-order valence-electron chi connectivity index (χ1n) is 7.04. The Hall–Kier alpha value is -1.78. The summed E-state index contributed by atoms with van der Waals surface area (Å²) < 4.78 is 1.27. The summed E-state index contributed by atoms with van der Waals surface area (Å²) in [6.07, 6.45) is 2.00. The van der Waals surface area contributed by atoms with Crippen molar-refractivity contribution in [1.29, 1.82) is 0 Å². The third-order valence-electron chi connectivity index (χ3n) is 3.65. The Morgan fingerprint density at radius 2 is 1.86 bits per heavy atom. The maximum Gasteiger partial charge on any atom is 0.255 e. The molecule has 3 rings (SSSR count). The zero-order chi connectivity index (χ0) is 15.5. The number of rotatable bonds is 4. The van der Waals surface area contributed by atoms with Crippen LogP contribution >= 0.6 is 23.1 Å². The van der Waals surface area contributed by atoms with Gasteiger partial charge in [-0.1, -0.05) is 30.3 Å². The molecule has 0 bridgehead atoms. The standard InChI is InChI=1S/C18H17NOS2/c1-19(18(20)15-8-4-5-9-16(15)21-2)11-13-12-22-17-10-6-3-7-14(13)17/h3-10,12H,11H2,1-2H3.